The molecule has 2 aromatic carbocycles. The molecule has 0 saturated heterocycles. The third kappa shape index (κ3) is 2.41. The van der Waals surface area contributed by atoms with Crippen molar-refractivity contribution in [3.05, 3.63) is 71.7 Å². The number of rotatable bonds is 2. The van der Waals surface area contributed by atoms with Gasteiger partial charge in [0, 0.05) is 5.56 Å². The third-order valence-electron chi connectivity index (χ3n) is 5.15. The zero-order valence-corrected chi connectivity index (χ0v) is 15.1. The molecule has 2 atom stereocenters. The number of nitriles is 1. The lowest BCUT2D eigenvalue weighted by Crippen LogP contribution is -2.30. The molecule has 0 saturated carbocycles. The normalized spacial score (nSPS) is 18.5. The fourth-order valence-electron chi connectivity index (χ4n) is 3.81. The summed E-state index contributed by atoms with van der Waals surface area (Å²) >= 11 is 0. The van der Waals surface area contributed by atoms with Crippen molar-refractivity contribution >= 4 is 16.7 Å². The predicted octanol–water partition coefficient (Wildman–Crippen LogP) is 4.77. The van der Waals surface area contributed by atoms with E-state index >= 15 is 0 Å². The number of ether oxygens (including phenoxy) is 1. The molecule has 1 aliphatic rings. The van der Waals surface area contributed by atoms with Crippen LogP contribution >= 0.6 is 0 Å². The van der Waals surface area contributed by atoms with E-state index in [1.807, 2.05) is 37.3 Å². The summed E-state index contributed by atoms with van der Waals surface area (Å²) in [6.07, 6.45) is 0. The van der Waals surface area contributed by atoms with Gasteiger partial charge in [-0.1, -0.05) is 36.4 Å². The number of aromatic amines is 1. The van der Waals surface area contributed by atoms with E-state index < -0.39 is 11.8 Å². The Labute approximate surface area is 160 Å². The van der Waals surface area contributed by atoms with Crippen LogP contribution in [-0.2, 0) is 0 Å². The first-order chi connectivity index (χ1) is 13.7. The van der Waals surface area contributed by atoms with Crippen molar-refractivity contribution in [3.8, 4) is 23.2 Å². The molecule has 6 nitrogen and oxygen atoms in total. The van der Waals surface area contributed by atoms with Crippen molar-refractivity contribution in [1.82, 2.24) is 10.2 Å². The number of fused-ring (bicyclic) bond motifs is 2. The quantitative estimate of drug-likeness (QED) is 0.532. The third-order valence-corrected chi connectivity index (χ3v) is 5.15. The van der Waals surface area contributed by atoms with Crippen LogP contribution in [0.2, 0.25) is 0 Å². The minimum absolute atomic E-state index is 0.120. The van der Waals surface area contributed by atoms with Crippen LogP contribution in [0, 0.1) is 29.6 Å². The molecule has 6 heteroatoms. The summed E-state index contributed by atoms with van der Waals surface area (Å²) in [5.41, 5.74) is 2.45. The zero-order valence-electron chi connectivity index (χ0n) is 15.1. The summed E-state index contributed by atoms with van der Waals surface area (Å²) in [4.78, 5) is 0. The Bertz CT molecular complexity index is 1260. The molecule has 2 aromatic heterocycles. The highest BCUT2D eigenvalue weighted by Gasteiger charge is 2.42. The Kier molecular flexibility index (Phi) is 3.56. The van der Waals surface area contributed by atoms with E-state index in [1.165, 1.54) is 0 Å². The fourth-order valence-corrected chi connectivity index (χ4v) is 3.81. The Morgan fingerprint density at radius 2 is 1.93 bits per heavy atom. The van der Waals surface area contributed by atoms with Gasteiger partial charge in [0.1, 0.15) is 17.4 Å². The van der Waals surface area contributed by atoms with Crippen molar-refractivity contribution in [2.24, 2.45) is 5.92 Å². The number of benzene rings is 2. The van der Waals surface area contributed by atoms with E-state index in [-0.39, 0.29) is 5.90 Å². The van der Waals surface area contributed by atoms with Crippen molar-refractivity contribution in [1.29, 1.82) is 10.7 Å². The van der Waals surface area contributed by atoms with Crippen molar-refractivity contribution in [2.75, 3.05) is 0 Å². The molecule has 136 valence electrons. The molecule has 0 amide bonds. The van der Waals surface area contributed by atoms with Gasteiger partial charge in [-0.2, -0.15) is 5.26 Å². The van der Waals surface area contributed by atoms with Crippen LogP contribution < -0.4 is 4.74 Å². The Morgan fingerprint density at radius 1 is 1.11 bits per heavy atom. The molecular weight excluding hydrogens is 352 g/mol. The van der Waals surface area contributed by atoms with Crippen LogP contribution in [0.1, 0.15) is 23.0 Å². The number of nitrogens with one attached hydrogen (secondary N) is 2. The van der Waals surface area contributed by atoms with E-state index in [9.17, 15) is 5.26 Å². The van der Waals surface area contributed by atoms with Gasteiger partial charge in [-0.15, -0.1) is 5.10 Å². The van der Waals surface area contributed by atoms with E-state index in [0.29, 0.717) is 11.6 Å². The lowest BCUT2D eigenvalue weighted by Gasteiger charge is -2.26. The number of aryl methyl sites for hydroxylation is 1. The van der Waals surface area contributed by atoms with Gasteiger partial charge in [0.05, 0.1) is 23.2 Å². The summed E-state index contributed by atoms with van der Waals surface area (Å²) in [5.74, 6) is 0.332. The molecule has 1 aliphatic heterocycles. The van der Waals surface area contributed by atoms with Gasteiger partial charge >= 0.3 is 0 Å². The van der Waals surface area contributed by atoms with E-state index in [0.717, 1.165) is 33.4 Å². The Morgan fingerprint density at radius 3 is 2.68 bits per heavy atom. The van der Waals surface area contributed by atoms with Gasteiger partial charge in [0.2, 0.25) is 11.8 Å². The van der Waals surface area contributed by atoms with Crippen molar-refractivity contribution < 1.29 is 9.15 Å². The number of nitrogens with zero attached hydrogens (tertiary/aromatic N) is 2. The minimum atomic E-state index is -0.783. The van der Waals surface area contributed by atoms with Crippen LogP contribution in [0.4, 0.5) is 0 Å². The fraction of sp³-hybridized carbons (Fsp3) is 0.136. The van der Waals surface area contributed by atoms with Crippen LogP contribution in [0.15, 0.2) is 59.0 Å². The number of hydrogen-bond donors (Lipinski definition) is 2. The molecule has 5 rings (SSSR count). The lowest BCUT2D eigenvalue weighted by molar-refractivity contribution is 0.393. The number of aromatic nitrogens is 2. The topological polar surface area (TPSA) is 98.7 Å². The largest absolute Gasteiger partial charge is 0.466 e. The molecule has 2 N–H and O–H groups in total. The summed E-state index contributed by atoms with van der Waals surface area (Å²) in [6.45, 7) is 1.86. The highest BCUT2D eigenvalue weighted by Crippen LogP contribution is 2.46. The standard InChI is InChI=1S/C22H16N4O2/c1-12-6-9-17(27-12)18-16(11-23)21(24)28-22-19(18)20(25-26-22)15-8-7-13-4-2-3-5-14(13)10-15/h2-10,16,18,24H,1H3,(H,25,26). The number of furan rings is 1. The number of hydrogen-bond acceptors (Lipinski definition) is 5. The van der Waals surface area contributed by atoms with Crippen molar-refractivity contribution in [3.63, 3.8) is 0 Å². The Balaban J connectivity index is 1.73. The molecule has 4 aromatic rings. The van der Waals surface area contributed by atoms with E-state index in [2.05, 4.69) is 40.5 Å². The number of H-pyrrole nitrogens is 1. The van der Waals surface area contributed by atoms with Crippen LogP contribution in [0.3, 0.4) is 0 Å². The van der Waals surface area contributed by atoms with Crippen molar-refractivity contribution in [2.45, 2.75) is 12.8 Å². The van der Waals surface area contributed by atoms with E-state index in [1.54, 1.807) is 0 Å². The molecule has 0 spiro atoms. The first kappa shape index (κ1) is 16.3. The van der Waals surface area contributed by atoms with Gasteiger partial charge in [0.15, 0.2) is 0 Å². The lowest BCUT2D eigenvalue weighted by atomic mass is 9.82. The minimum Gasteiger partial charge on any atom is -0.466 e. The first-order valence-corrected chi connectivity index (χ1v) is 8.95. The summed E-state index contributed by atoms with van der Waals surface area (Å²) in [7, 11) is 0. The first-order valence-electron chi connectivity index (χ1n) is 8.95. The predicted molar refractivity (Wildman–Crippen MR) is 104 cm³/mol. The van der Waals surface area contributed by atoms with Crippen LogP contribution in [-0.4, -0.2) is 16.1 Å². The average molecular weight is 368 g/mol. The van der Waals surface area contributed by atoms with Crippen LogP contribution in [0.5, 0.6) is 5.88 Å². The van der Waals surface area contributed by atoms with Gasteiger partial charge in [-0.05, 0) is 35.9 Å². The maximum Gasteiger partial charge on any atom is 0.244 e. The highest BCUT2D eigenvalue weighted by atomic mass is 16.5. The van der Waals surface area contributed by atoms with Crippen LogP contribution in [0.25, 0.3) is 22.0 Å². The molecule has 0 bridgehead atoms. The summed E-state index contributed by atoms with van der Waals surface area (Å²) < 4.78 is 11.4. The summed E-state index contributed by atoms with van der Waals surface area (Å²) in [5, 5.41) is 27.4. The monoisotopic (exact) mass is 368 g/mol. The molecule has 0 radical (unpaired) electrons. The summed E-state index contributed by atoms with van der Waals surface area (Å²) in [6, 6.07) is 20.2. The molecule has 28 heavy (non-hydrogen) atoms. The molecule has 3 heterocycles. The maximum atomic E-state index is 9.72. The second kappa shape index (κ2) is 6.10. The molecule has 0 fully saturated rings. The van der Waals surface area contributed by atoms with Gasteiger partial charge in [-0.3, -0.25) is 10.5 Å². The van der Waals surface area contributed by atoms with Gasteiger partial charge < -0.3 is 9.15 Å². The highest BCUT2D eigenvalue weighted by molar-refractivity contribution is 5.89. The molecule has 2 unspecified atom stereocenters. The maximum absolute atomic E-state index is 9.72. The second-order valence-electron chi connectivity index (χ2n) is 6.88. The Hall–Kier alpha value is -3.85. The zero-order chi connectivity index (χ0) is 19.3. The van der Waals surface area contributed by atoms with Gasteiger partial charge in [-0.25, -0.2) is 0 Å². The second-order valence-corrected chi connectivity index (χ2v) is 6.88. The SMILES string of the molecule is Cc1ccc(C2c3c(n[nH]c3-c3ccc4ccccc4c3)OC(=N)C2C#N)o1. The van der Waals surface area contributed by atoms with Gasteiger partial charge in [0.25, 0.3) is 0 Å². The van der Waals surface area contributed by atoms with E-state index in [4.69, 9.17) is 14.6 Å². The molecule has 0 aliphatic carbocycles. The average Bonchev–Trinajstić information content (AvgIpc) is 3.32. The smallest absolute Gasteiger partial charge is 0.244 e. The molecular formula is C22H16N4O2.